The molecule has 124 valence electrons. The fraction of sp³-hybridized carbons (Fsp3) is 0.222. The Morgan fingerprint density at radius 2 is 2.04 bits per heavy atom. The Labute approximate surface area is 144 Å². The average molecular weight is 341 g/mol. The third-order valence-corrected chi connectivity index (χ3v) is 4.00. The zero-order chi connectivity index (χ0) is 17.7. The molecular weight excluding hydrogens is 322 g/mol. The van der Waals surface area contributed by atoms with Gasteiger partial charge in [-0.3, -0.25) is 4.79 Å². The summed E-state index contributed by atoms with van der Waals surface area (Å²) >= 11 is 1.52. The maximum atomic E-state index is 12.3. The van der Waals surface area contributed by atoms with Crippen LogP contribution < -0.4 is 15.5 Å². The van der Waals surface area contributed by atoms with Gasteiger partial charge in [-0.1, -0.05) is 0 Å². The van der Waals surface area contributed by atoms with Gasteiger partial charge in [0.1, 0.15) is 5.75 Å². The van der Waals surface area contributed by atoms with Gasteiger partial charge in [-0.25, -0.2) is 4.98 Å². The summed E-state index contributed by atoms with van der Waals surface area (Å²) in [6.45, 7) is 4.12. The summed E-state index contributed by atoms with van der Waals surface area (Å²) in [5, 5.41) is 6.68. The number of thiazole rings is 1. The van der Waals surface area contributed by atoms with Crippen LogP contribution in [0.3, 0.4) is 0 Å². The molecule has 0 saturated heterocycles. The average Bonchev–Trinajstić information content (AvgIpc) is 3.03. The number of hydrogen-bond acceptors (Lipinski definition) is 5. The highest BCUT2D eigenvalue weighted by molar-refractivity contribution is 7.14. The number of terminal acetylenes is 1. The van der Waals surface area contributed by atoms with Crippen molar-refractivity contribution >= 4 is 27.4 Å². The molecule has 0 atom stereocenters. The molecule has 5 nitrogen and oxygen atoms in total. The number of methoxy groups -OCH3 is 1. The summed E-state index contributed by atoms with van der Waals surface area (Å²) in [4.78, 5) is 20.0. The molecule has 3 aromatic rings. The third kappa shape index (κ3) is 3.76. The Morgan fingerprint density at radius 1 is 1.29 bits per heavy atom. The number of hydrogen-bond donors (Lipinski definition) is 2. The second-order valence-electron chi connectivity index (χ2n) is 5.30. The van der Waals surface area contributed by atoms with Crippen LogP contribution in [0.2, 0.25) is 0 Å². The van der Waals surface area contributed by atoms with Crippen LogP contribution in [0, 0.1) is 12.8 Å². The Bertz CT molecular complexity index is 909. The van der Waals surface area contributed by atoms with Gasteiger partial charge in [-0.05, 0) is 26.0 Å². The van der Waals surface area contributed by atoms with E-state index in [9.17, 15) is 4.79 Å². The highest BCUT2D eigenvalue weighted by Gasteiger charge is 2.09. The summed E-state index contributed by atoms with van der Waals surface area (Å²) in [7, 11) is 1.60. The van der Waals surface area contributed by atoms with Crippen molar-refractivity contribution in [3.63, 3.8) is 0 Å². The van der Waals surface area contributed by atoms with Crippen molar-refractivity contribution in [2.24, 2.45) is 0 Å². The summed E-state index contributed by atoms with van der Waals surface area (Å²) in [6, 6.07) is 7.27. The smallest absolute Gasteiger partial charge is 0.190 e. The van der Waals surface area contributed by atoms with E-state index in [2.05, 4.69) is 42.0 Å². The van der Waals surface area contributed by atoms with Crippen molar-refractivity contribution in [1.29, 1.82) is 0 Å². The lowest BCUT2D eigenvalue weighted by Gasteiger charge is -2.05. The summed E-state index contributed by atoms with van der Waals surface area (Å²) in [5.74, 6) is 0.709. The molecule has 0 aliphatic carbocycles. The van der Waals surface area contributed by atoms with Crippen LogP contribution in [-0.2, 0) is 0 Å². The van der Waals surface area contributed by atoms with Gasteiger partial charge in [0, 0.05) is 28.9 Å². The maximum Gasteiger partial charge on any atom is 0.190 e. The van der Waals surface area contributed by atoms with E-state index in [-0.39, 0.29) is 5.43 Å². The Morgan fingerprint density at radius 3 is 2.71 bits per heavy atom. The van der Waals surface area contributed by atoms with E-state index in [0.717, 1.165) is 16.3 Å². The van der Waals surface area contributed by atoms with Crippen LogP contribution in [0.1, 0.15) is 13.8 Å². The summed E-state index contributed by atoms with van der Waals surface area (Å²) in [6.07, 6.45) is 8.00. The van der Waals surface area contributed by atoms with Crippen molar-refractivity contribution in [2.75, 3.05) is 12.4 Å². The lowest BCUT2D eigenvalue weighted by Crippen LogP contribution is -2.09. The first-order valence-electron chi connectivity index (χ1n) is 7.33. The molecule has 0 bridgehead atoms. The first-order chi connectivity index (χ1) is 11.6. The van der Waals surface area contributed by atoms with Crippen molar-refractivity contribution in [1.82, 2.24) is 9.97 Å². The van der Waals surface area contributed by atoms with Crippen LogP contribution in [0.15, 0.2) is 34.4 Å². The van der Waals surface area contributed by atoms with Crippen LogP contribution in [0.4, 0.5) is 5.13 Å². The van der Waals surface area contributed by atoms with Crippen LogP contribution in [0.5, 0.6) is 5.75 Å². The number of nitrogens with zero attached hydrogens (tertiary/aromatic N) is 1. The molecule has 0 aliphatic heterocycles. The Kier molecular flexibility index (Phi) is 5.61. The first-order valence-corrected chi connectivity index (χ1v) is 8.21. The second-order valence-corrected chi connectivity index (χ2v) is 6.15. The molecule has 2 heterocycles. The molecule has 0 spiro atoms. The number of anilines is 1. The number of rotatable bonds is 4. The predicted octanol–water partition coefficient (Wildman–Crippen LogP) is 3.73. The molecule has 0 aliphatic rings. The molecule has 2 N–H and O–H groups in total. The monoisotopic (exact) mass is 341 g/mol. The molecule has 6 heteroatoms. The van der Waals surface area contributed by atoms with E-state index in [4.69, 9.17) is 4.74 Å². The number of aromatic nitrogens is 2. The number of nitrogens with one attached hydrogen (secondary N) is 2. The van der Waals surface area contributed by atoms with Crippen LogP contribution in [-0.4, -0.2) is 23.1 Å². The third-order valence-electron chi connectivity index (χ3n) is 3.23. The molecule has 2 aromatic heterocycles. The van der Waals surface area contributed by atoms with E-state index in [1.165, 1.54) is 11.3 Å². The Balaban J connectivity index is 0.00000100. The van der Waals surface area contributed by atoms with E-state index in [0.29, 0.717) is 22.9 Å². The van der Waals surface area contributed by atoms with E-state index in [1.807, 2.05) is 11.4 Å². The van der Waals surface area contributed by atoms with Crippen molar-refractivity contribution in [3.05, 3.63) is 39.9 Å². The quantitative estimate of drug-likeness (QED) is 0.710. The number of benzene rings is 1. The van der Waals surface area contributed by atoms with Gasteiger partial charge < -0.3 is 15.0 Å². The highest BCUT2D eigenvalue weighted by Crippen LogP contribution is 2.25. The standard InChI is InChI=1S/C16H17N3O2S.C2H2/c1-9(2)17-16-19-14(8-22-16)13-7-15(20)11-5-4-10(21-3)6-12(11)18-13;1-2/h4-9H,1-3H3,(H,17,19)(H,18,20);1-2H. The van der Waals surface area contributed by atoms with Crippen LogP contribution >= 0.6 is 11.3 Å². The lowest BCUT2D eigenvalue weighted by atomic mass is 10.1. The maximum absolute atomic E-state index is 12.3. The molecule has 0 unspecified atom stereocenters. The van der Waals surface area contributed by atoms with Crippen molar-refractivity contribution in [2.45, 2.75) is 19.9 Å². The fourth-order valence-electron chi connectivity index (χ4n) is 2.21. The minimum Gasteiger partial charge on any atom is -0.497 e. The number of ether oxygens (including phenoxy) is 1. The van der Waals surface area contributed by atoms with Gasteiger partial charge in [0.25, 0.3) is 0 Å². The van der Waals surface area contributed by atoms with Gasteiger partial charge in [0.2, 0.25) is 0 Å². The molecule has 0 fully saturated rings. The zero-order valence-electron chi connectivity index (χ0n) is 13.8. The molecular formula is C18H19N3O2S. The topological polar surface area (TPSA) is 67.0 Å². The number of pyridine rings is 1. The van der Waals surface area contributed by atoms with Gasteiger partial charge in [-0.2, -0.15) is 0 Å². The minimum absolute atomic E-state index is 0.0298. The summed E-state index contributed by atoms with van der Waals surface area (Å²) < 4.78 is 5.21. The van der Waals surface area contributed by atoms with Gasteiger partial charge in [-0.15, -0.1) is 24.2 Å². The lowest BCUT2D eigenvalue weighted by molar-refractivity contribution is 0.415. The number of fused-ring (bicyclic) bond motifs is 1. The molecule has 0 saturated carbocycles. The van der Waals surface area contributed by atoms with E-state index in [1.54, 1.807) is 25.3 Å². The second kappa shape index (κ2) is 7.66. The normalized spacial score (nSPS) is 10.2. The summed E-state index contributed by atoms with van der Waals surface area (Å²) in [5.41, 5.74) is 2.18. The Hall–Kier alpha value is -2.78. The highest BCUT2D eigenvalue weighted by atomic mass is 32.1. The van der Waals surface area contributed by atoms with Gasteiger partial charge >= 0.3 is 0 Å². The number of H-pyrrole nitrogens is 1. The van der Waals surface area contributed by atoms with E-state index >= 15 is 0 Å². The number of aromatic amines is 1. The van der Waals surface area contributed by atoms with Crippen LogP contribution in [0.25, 0.3) is 22.3 Å². The zero-order valence-corrected chi connectivity index (χ0v) is 14.6. The molecule has 1 aromatic carbocycles. The van der Waals surface area contributed by atoms with Gasteiger partial charge in [0.15, 0.2) is 10.6 Å². The van der Waals surface area contributed by atoms with Crippen molar-refractivity contribution in [3.8, 4) is 30.0 Å². The molecule has 0 amide bonds. The SMILES string of the molecule is C#C.COc1ccc2c(=O)cc(-c3csc(NC(C)C)n3)[nH]c2c1. The van der Waals surface area contributed by atoms with Crippen molar-refractivity contribution < 1.29 is 4.74 Å². The molecule has 0 radical (unpaired) electrons. The first kappa shape index (κ1) is 17.6. The predicted molar refractivity (Wildman–Crippen MR) is 101 cm³/mol. The molecule has 3 rings (SSSR count). The van der Waals surface area contributed by atoms with E-state index < -0.39 is 0 Å². The molecule has 24 heavy (non-hydrogen) atoms. The minimum atomic E-state index is -0.0298. The fourth-order valence-corrected chi connectivity index (χ4v) is 3.07. The van der Waals surface area contributed by atoms with Gasteiger partial charge in [0.05, 0.1) is 24.0 Å². The largest absolute Gasteiger partial charge is 0.497 e.